The Labute approximate surface area is 206 Å². The Balaban J connectivity index is 0.00000289. The minimum atomic E-state index is 0. The number of aliphatic imine (C=N–C) groups is 1. The van der Waals surface area contributed by atoms with Crippen LogP contribution in [-0.2, 0) is 23.1 Å². The molecule has 0 saturated carbocycles. The maximum atomic E-state index is 12.7. The van der Waals surface area contributed by atoms with E-state index in [4.69, 9.17) is 9.73 Å². The van der Waals surface area contributed by atoms with E-state index in [1.807, 2.05) is 25.1 Å². The second-order valence-corrected chi connectivity index (χ2v) is 7.78. The van der Waals surface area contributed by atoms with Crippen molar-refractivity contribution in [3.8, 4) is 0 Å². The number of hydrogen-bond acceptors (Lipinski definition) is 5. The Kier molecular flexibility index (Phi) is 8.74. The van der Waals surface area contributed by atoms with Gasteiger partial charge in [0.05, 0.1) is 31.6 Å². The van der Waals surface area contributed by atoms with Crippen molar-refractivity contribution in [2.45, 2.75) is 13.5 Å². The molecule has 0 spiro atoms. The van der Waals surface area contributed by atoms with Crippen molar-refractivity contribution in [2.75, 3.05) is 62.3 Å². The zero-order valence-corrected chi connectivity index (χ0v) is 21.1. The van der Waals surface area contributed by atoms with Crippen molar-refractivity contribution in [1.29, 1.82) is 0 Å². The smallest absolute Gasteiger partial charge is 0.246 e. The number of rotatable bonds is 5. The number of ether oxygens (including phenoxy) is 1. The number of anilines is 2. The van der Waals surface area contributed by atoms with Gasteiger partial charge in [0.15, 0.2) is 5.96 Å². The lowest BCUT2D eigenvalue weighted by Crippen LogP contribution is -2.55. The van der Waals surface area contributed by atoms with E-state index in [0.29, 0.717) is 19.6 Å². The van der Waals surface area contributed by atoms with Gasteiger partial charge < -0.3 is 24.8 Å². The SMILES string of the molecule is CCNC(=NCc1ccc(N2CCOCC2)cc1)N1CCN(c2cnn(C)c2)C(=O)C1.I. The van der Waals surface area contributed by atoms with E-state index in [9.17, 15) is 4.79 Å². The van der Waals surface area contributed by atoms with Crippen LogP contribution in [0.15, 0.2) is 41.7 Å². The summed E-state index contributed by atoms with van der Waals surface area (Å²) in [6.07, 6.45) is 3.60. The van der Waals surface area contributed by atoms with E-state index in [1.165, 1.54) is 5.69 Å². The highest BCUT2D eigenvalue weighted by atomic mass is 127. The number of carbonyl (C=O) groups is 1. The molecule has 0 bridgehead atoms. The minimum Gasteiger partial charge on any atom is -0.378 e. The van der Waals surface area contributed by atoms with E-state index in [1.54, 1.807) is 15.8 Å². The van der Waals surface area contributed by atoms with Crippen LogP contribution in [0, 0.1) is 0 Å². The summed E-state index contributed by atoms with van der Waals surface area (Å²) in [5, 5.41) is 7.50. The number of piperazine rings is 1. The van der Waals surface area contributed by atoms with Crippen molar-refractivity contribution in [2.24, 2.45) is 12.0 Å². The molecule has 2 aliphatic heterocycles. The number of carbonyl (C=O) groups excluding carboxylic acids is 1. The fourth-order valence-electron chi connectivity index (χ4n) is 3.90. The molecule has 2 aliphatic rings. The number of aryl methyl sites for hydroxylation is 1. The fraction of sp³-hybridized carbons (Fsp3) is 0.500. The van der Waals surface area contributed by atoms with Gasteiger partial charge in [-0.15, -0.1) is 24.0 Å². The average Bonchev–Trinajstić information content (AvgIpc) is 3.23. The first-order valence-electron chi connectivity index (χ1n) is 10.9. The third-order valence-electron chi connectivity index (χ3n) is 5.58. The van der Waals surface area contributed by atoms with Gasteiger partial charge >= 0.3 is 0 Å². The summed E-state index contributed by atoms with van der Waals surface area (Å²) in [4.78, 5) is 23.7. The molecule has 1 aromatic carbocycles. The molecule has 3 heterocycles. The van der Waals surface area contributed by atoms with Crippen LogP contribution in [0.1, 0.15) is 12.5 Å². The number of hydrogen-bond donors (Lipinski definition) is 1. The van der Waals surface area contributed by atoms with Crippen LogP contribution >= 0.6 is 24.0 Å². The maximum absolute atomic E-state index is 12.7. The largest absolute Gasteiger partial charge is 0.378 e. The Morgan fingerprint density at radius 3 is 2.50 bits per heavy atom. The van der Waals surface area contributed by atoms with Crippen molar-refractivity contribution in [3.05, 3.63) is 42.2 Å². The number of benzene rings is 1. The number of halogens is 1. The first-order valence-corrected chi connectivity index (χ1v) is 10.9. The molecule has 1 aromatic heterocycles. The molecule has 0 radical (unpaired) electrons. The normalized spacial score (nSPS) is 17.4. The van der Waals surface area contributed by atoms with Crippen molar-refractivity contribution < 1.29 is 9.53 Å². The summed E-state index contributed by atoms with van der Waals surface area (Å²) in [6, 6.07) is 8.56. The Hall–Kier alpha value is -2.34. The Morgan fingerprint density at radius 1 is 1.12 bits per heavy atom. The van der Waals surface area contributed by atoms with Gasteiger partial charge in [-0.25, -0.2) is 4.99 Å². The molecule has 10 heteroatoms. The van der Waals surface area contributed by atoms with Crippen LogP contribution in [-0.4, -0.2) is 79.0 Å². The monoisotopic (exact) mass is 553 g/mol. The standard InChI is InChI=1S/C22H31N7O2.HI/c1-3-23-22(28-8-9-29(21(30)17-28)20-15-25-26(2)16-20)24-14-18-4-6-19(7-5-18)27-10-12-31-13-11-27;/h4-7,15-16H,3,8-14,17H2,1-2H3,(H,23,24);1H. The molecule has 2 fully saturated rings. The summed E-state index contributed by atoms with van der Waals surface area (Å²) >= 11 is 0. The molecule has 0 unspecified atom stereocenters. The van der Waals surface area contributed by atoms with Gasteiger partial charge in [-0.2, -0.15) is 5.10 Å². The van der Waals surface area contributed by atoms with Crippen molar-refractivity contribution >= 4 is 47.2 Å². The first kappa shape index (κ1) is 24.3. The van der Waals surface area contributed by atoms with Crippen LogP contribution < -0.4 is 15.1 Å². The predicted molar refractivity (Wildman–Crippen MR) is 137 cm³/mol. The molecule has 174 valence electrons. The van der Waals surface area contributed by atoms with Crippen LogP contribution in [0.3, 0.4) is 0 Å². The molecule has 32 heavy (non-hydrogen) atoms. The molecule has 2 aromatic rings. The number of aromatic nitrogens is 2. The highest BCUT2D eigenvalue weighted by Gasteiger charge is 2.27. The van der Waals surface area contributed by atoms with E-state index < -0.39 is 0 Å². The van der Waals surface area contributed by atoms with Crippen molar-refractivity contribution in [3.63, 3.8) is 0 Å². The van der Waals surface area contributed by atoms with Gasteiger partial charge in [-0.1, -0.05) is 12.1 Å². The molecule has 1 amide bonds. The van der Waals surface area contributed by atoms with Crippen molar-refractivity contribution in [1.82, 2.24) is 20.0 Å². The van der Waals surface area contributed by atoms with E-state index in [-0.39, 0.29) is 29.9 Å². The zero-order chi connectivity index (χ0) is 21.6. The van der Waals surface area contributed by atoms with E-state index in [0.717, 1.165) is 56.6 Å². The van der Waals surface area contributed by atoms with Gasteiger partial charge in [-0.05, 0) is 24.6 Å². The Bertz CT molecular complexity index is 909. The second-order valence-electron chi connectivity index (χ2n) is 7.78. The van der Waals surface area contributed by atoms with E-state index >= 15 is 0 Å². The summed E-state index contributed by atoms with van der Waals surface area (Å²) in [6.45, 7) is 8.44. The first-order chi connectivity index (χ1) is 15.1. The topological polar surface area (TPSA) is 78.2 Å². The molecule has 9 nitrogen and oxygen atoms in total. The Morgan fingerprint density at radius 2 is 1.88 bits per heavy atom. The third kappa shape index (κ3) is 5.91. The van der Waals surface area contributed by atoms with Gasteiger partial charge in [0.25, 0.3) is 0 Å². The minimum absolute atomic E-state index is 0. The summed E-state index contributed by atoms with van der Waals surface area (Å²) in [7, 11) is 1.85. The summed E-state index contributed by atoms with van der Waals surface area (Å²) in [5.74, 6) is 0.832. The number of morpholine rings is 1. The zero-order valence-electron chi connectivity index (χ0n) is 18.7. The third-order valence-corrected chi connectivity index (χ3v) is 5.58. The number of nitrogens with zero attached hydrogens (tertiary/aromatic N) is 6. The summed E-state index contributed by atoms with van der Waals surface area (Å²) in [5.41, 5.74) is 3.21. The van der Waals surface area contributed by atoms with Gasteiger partial charge in [-0.3, -0.25) is 9.48 Å². The van der Waals surface area contributed by atoms with E-state index in [2.05, 4.69) is 39.6 Å². The molecular weight excluding hydrogens is 521 g/mol. The summed E-state index contributed by atoms with van der Waals surface area (Å²) < 4.78 is 7.14. The molecule has 0 aliphatic carbocycles. The molecule has 4 rings (SSSR count). The molecule has 0 atom stereocenters. The van der Waals surface area contributed by atoms with Crippen LogP contribution in [0.4, 0.5) is 11.4 Å². The molecular formula is C22H32IN7O2. The number of nitrogens with one attached hydrogen (secondary N) is 1. The quantitative estimate of drug-likeness (QED) is 0.345. The number of guanidine groups is 1. The second kappa shape index (κ2) is 11.5. The van der Waals surface area contributed by atoms with Gasteiger partial charge in [0.1, 0.15) is 6.54 Å². The average molecular weight is 553 g/mol. The van der Waals surface area contributed by atoms with Crippen LogP contribution in [0.5, 0.6) is 0 Å². The lowest BCUT2D eigenvalue weighted by atomic mass is 10.2. The lowest BCUT2D eigenvalue weighted by molar-refractivity contribution is -0.120. The highest BCUT2D eigenvalue weighted by molar-refractivity contribution is 14.0. The molecule has 2 saturated heterocycles. The predicted octanol–water partition coefficient (Wildman–Crippen LogP) is 1.69. The maximum Gasteiger partial charge on any atom is 0.246 e. The van der Waals surface area contributed by atoms with Gasteiger partial charge in [0, 0.05) is 51.7 Å². The van der Waals surface area contributed by atoms with Crippen LogP contribution in [0.2, 0.25) is 0 Å². The van der Waals surface area contributed by atoms with Crippen LogP contribution in [0.25, 0.3) is 0 Å². The highest BCUT2D eigenvalue weighted by Crippen LogP contribution is 2.18. The number of amides is 1. The van der Waals surface area contributed by atoms with Gasteiger partial charge in [0.2, 0.25) is 5.91 Å². The lowest BCUT2D eigenvalue weighted by Gasteiger charge is -2.35. The molecule has 1 N–H and O–H groups in total. The fourth-order valence-corrected chi connectivity index (χ4v) is 3.90.